The molecule has 4 aliphatic rings. The second kappa shape index (κ2) is 3.85. The van der Waals surface area contributed by atoms with Gasteiger partial charge >= 0.3 is 0 Å². The summed E-state index contributed by atoms with van der Waals surface area (Å²) in [5, 5.41) is 10.0. The fraction of sp³-hybridized carbons (Fsp3) is 0.611. The number of aryl methyl sites for hydroxylation is 1. The molecular weight excluding hydrogens is 230 g/mol. The summed E-state index contributed by atoms with van der Waals surface area (Å²) in [6, 6.07) is 11.6. The van der Waals surface area contributed by atoms with E-state index in [-0.39, 0.29) is 5.41 Å². The summed E-state index contributed by atoms with van der Waals surface area (Å²) in [4.78, 5) is 0. The van der Waals surface area contributed by atoms with Crippen molar-refractivity contribution in [3.63, 3.8) is 0 Å². The summed E-state index contributed by atoms with van der Waals surface area (Å²) in [6.07, 6.45) is 6.65. The smallest absolute Gasteiger partial charge is 0.0878 e. The van der Waals surface area contributed by atoms with Crippen molar-refractivity contribution >= 4 is 0 Å². The van der Waals surface area contributed by atoms with E-state index in [1.54, 1.807) is 0 Å². The molecule has 0 saturated heterocycles. The van der Waals surface area contributed by atoms with Crippen LogP contribution in [0.3, 0.4) is 0 Å². The van der Waals surface area contributed by atoms with E-state index in [4.69, 9.17) is 0 Å². The Bertz CT molecular complexity index is 506. The van der Waals surface area contributed by atoms with E-state index in [1.807, 2.05) is 0 Å². The first-order valence-electron chi connectivity index (χ1n) is 7.70. The van der Waals surface area contributed by atoms with Gasteiger partial charge in [0.1, 0.15) is 0 Å². The first-order valence-corrected chi connectivity index (χ1v) is 7.70. The Morgan fingerprint density at radius 1 is 0.947 bits per heavy atom. The molecular formula is C18H21N. The van der Waals surface area contributed by atoms with Gasteiger partial charge in [-0.05, 0) is 68.3 Å². The quantitative estimate of drug-likeness (QED) is 0.733. The van der Waals surface area contributed by atoms with E-state index in [0.717, 1.165) is 11.8 Å². The van der Waals surface area contributed by atoms with Crippen LogP contribution in [0.4, 0.5) is 0 Å². The van der Waals surface area contributed by atoms with Gasteiger partial charge in [-0.1, -0.05) is 29.8 Å². The van der Waals surface area contributed by atoms with E-state index >= 15 is 0 Å². The Kier molecular flexibility index (Phi) is 2.34. The lowest BCUT2D eigenvalue weighted by Gasteiger charge is -2.58. The van der Waals surface area contributed by atoms with E-state index in [2.05, 4.69) is 37.3 Å². The summed E-state index contributed by atoms with van der Waals surface area (Å²) in [6.45, 7) is 2.12. The standard InChI is InChI=1S/C18H21N/c1-12-2-4-15(5-3-12)18(11-19)16-7-13-6-14(9-16)10-17(18)8-13/h2-5,13-14,16-17H,6-10H2,1H3. The van der Waals surface area contributed by atoms with Gasteiger partial charge in [0.2, 0.25) is 0 Å². The minimum Gasteiger partial charge on any atom is -0.197 e. The molecule has 1 aromatic carbocycles. The highest BCUT2D eigenvalue weighted by molar-refractivity contribution is 5.39. The molecule has 4 bridgehead atoms. The Balaban J connectivity index is 1.82. The van der Waals surface area contributed by atoms with Crippen LogP contribution in [-0.4, -0.2) is 0 Å². The predicted molar refractivity (Wildman–Crippen MR) is 75.5 cm³/mol. The number of hydrogen-bond acceptors (Lipinski definition) is 1. The van der Waals surface area contributed by atoms with Crippen LogP contribution in [-0.2, 0) is 5.41 Å². The van der Waals surface area contributed by atoms with Crippen molar-refractivity contribution in [1.29, 1.82) is 5.26 Å². The third-order valence-corrected chi connectivity index (χ3v) is 6.14. The number of hydrogen-bond donors (Lipinski definition) is 0. The fourth-order valence-corrected chi connectivity index (χ4v) is 5.48. The molecule has 0 spiro atoms. The number of nitriles is 1. The van der Waals surface area contributed by atoms with Crippen molar-refractivity contribution in [2.75, 3.05) is 0 Å². The van der Waals surface area contributed by atoms with Crippen LogP contribution < -0.4 is 0 Å². The third kappa shape index (κ3) is 1.46. The van der Waals surface area contributed by atoms with Gasteiger partial charge in [-0.25, -0.2) is 0 Å². The molecule has 1 nitrogen and oxygen atoms in total. The molecule has 4 fully saturated rings. The van der Waals surface area contributed by atoms with Crippen LogP contribution in [0.2, 0.25) is 0 Å². The average molecular weight is 251 g/mol. The first-order chi connectivity index (χ1) is 9.22. The molecule has 1 aromatic rings. The van der Waals surface area contributed by atoms with Crippen LogP contribution in [0.15, 0.2) is 24.3 Å². The molecule has 0 N–H and O–H groups in total. The van der Waals surface area contributed by atoms with Gasteiger partial charge in [-0.15, -0.1) is 0 Å². The number of nitrogens with zero attached hydrogens (tertiary/aromatic N) is 1. The molecule has 0 aromatic heterocycles. The average Bonchev–Trinajstić information content (AvgIpc) is 2.40. The zero-order valence-electron chi connectivity index (χ0n) is 11.6. The molecule has 98 valence electrons. The van der Waals surface area contributed by atoms with Crippen molar-refractivity contribution in [3.8, 4) is 6.07 Å². The molecule has 0 unspecified atom stereocenters. The van der Waals surface area contributed by atoms with Crippen molar-refractivity contribution in [1.82, 2.24) is 0 Å². The second-order valence-electron chi connectivity index (χ2n) is 7.15. The summed E-state index contributed by atoms with van der Waals surface area (Å²) >= 11 is 0. The Morgan fingerprint density at radius 2 is 1.47 bits per heavy atom. The number of rotatable bonds is 1. The van der Waals surface area contributed by atoms with E-state index in [1.165, 1.54) is 43.2 Å². The van der Waals surface area contributed by atoms with Crippen molar-refractivity contribution in [3.05, 3.63) is 35.4 Å². The predicted octanol–water partition coefficient (Wildman–Crippen LogP) is 4.21. The molecule has 0 atom stereocenters. The van der Waals surface area contributed by atoms with Gasteiger partial charge in [0.25, 0.3) is 0 Å². The monoisotopic (exact) mass is 251 g/mol. The number of benzene rings is 1. The van der Waals surface area contributed by atoms with Gasteiger partial charge in [0.15, 0.2) is 0 Å². The minimum absolute atomic E-state index is 0.166. The SMILES string of the molecule is Cc1ccc(C2(C#N)C3CC4CC(C3)CC2C4)cc1. The first kappa shape index (κ1) is 11.5. The zero-order chi connectivity index (χ0) is 13.0. The Morgan fingerprint density at radius 3 is 1.95 bits per heavy atom. The molecule has 0 heterocycles. The molecule has 19 heavy (non-hydrogen) atoms. The van der Waals surface area contributed by atoms with Crippen LogP contribution in [0.5, 0.6) is 0 Å². The summed E-state index contributed by atoms with van der Waals surface area (Å²) in [5.74, 6) is 3.09. The maximum Gasteiger partial charge on any atom is 0.0878 e. The largest absolute Gasteiger partial charge is 0.197 e. The summed E-state index contributed by atoms with van der Waals surface area (Å²) < 4.78 is 0. The minimum atomic E-state index is -0.166. The van der Waals surface area contributed by atoms with Crippen molar-refractivity contribution in [2.45, 2.75) is 44.4 Å². The Hall–Kier alpha value is -1.29. The lowest BCUT2D eigenvalue weighted by Crippen LogP contribution is -2.54. The molecule has 0 amide bonds. The summed E-state index contributed by atoms with van der Waals surface area (Å²) in [5.41, 5.74) is 2.43. The summed E-state index contributed by atoms with van der Waals surface area (Å²) in [7, 11) is 0. The zero-order valence-corrected chi connectivity index (χ0v) is 11.6. The molecule has 0 aliphatic heterocycles. The van der Waals surface area contributed by atoms with Crippen LogP contribution in [0.1, 0.15) is 43.2 Å². The maximum absolute atomic E-state index is 10.0. The van der Waals surface area contributed by atoms with Gasteiger partial charge < -0.3 is 0 Å². The molecule has 1 heteroatoms. The highest BCUT2D eigenvalue weighted by Crippen LogP contribution is 2.62. The van der Waals surface area contributed by atoms with Crippen LogP contribution >= 0.6 is 0 Å². The molecule has 5 rings (SSSR count). The fourth-order valence-electron chi connectivity index (χ4n) is 5.48. The maximum atomic E-state index is 10.0. The van der Waals surface area contributed by atoms with Gasteiger partial charge in [-0.3, -0.25) is 0 Å². The van der Waals surface area contributed by atoms with Gasteiger partial charge in [0, 0.05) is 0 Å². The lowest BCUT2D eigenvalue weighted by molar-refractivity contribution is -0.0347. The van der Waals surface area contributed by atoms with E-state index < -0.39 is 0 Å². The van der Waals surface area contributed by atoms with Crippen molar-refractivity contribution in [2.24, 2.45) is 23.7 Å². The normalized spacial score (nSPS) is 43.2. The molecule has 4 aliphatic carbocycles. The second-order valence-corrected chi connectivity index (χ2v) is 7.15. The molecule has 0 radical (unpaired) electrons. The van der Waals surface area contributed by atoms with Crippen molar-refractivity contribution < 1.29 is 0 Å². The highest BCUT2D eigenvalue weighted by atomic mass is 14.6. The van der Waals surface area contributed by atoms with Gasteiger partial charge in [0.05, 0.1) is 11.5 Å². The van der Waals surface area contributed by atoms with E-state index in [0.29, 0.717) is 11.8 Å². The van der Waals surface area contributed by atoms with Gasteiger partial charge in [-0.2, -0.15) is 5.26 Å². The third-order valence-electron chi connectivity index (χ3n) is 6.14. The van der Waals surface area contributed by atoms with Crippen LogP contribution in [0.25, 0.3) is 0 Å². The van der Waals surface area contributed by atoms with E-state index in [9.17, 15) is 5.26 Å². The Labute approximate surface area is 115 Å². The van der Waals surface area contributed by atoms with Crippen LogP contribution in [0, 0.1) is 41.9 Å². The topological polar surface area (TPSA) is 23.8 Å². The molecule has 4 saturated carbocycles. The highest BCUT2D eigenvalue weighted by Gasteiger charge is 2.58. The lowest BCUT2D eigenvalue weighted by atomic mass is 9.44.